The zero-order chi connectivity index (χ0) is 18.1. The summed E-state index contributed by atoms with van der Waals surface area (Å²) in [7, 11) is 1.55. The number of nitrogens with zero attached hydrogens (tertiary/aromatic N) is 1. The Hall–Kier alpha value is -1.38. The maximum atomic E-state index is 13.7. The summed E-state index contributed by atoms with van der Waals surface area (Å²) in [6, 6.07) is 12.6. The third kappa shape index (κ3) is 7.09. The molecule has 142 valence electrons. The monoisotopic (exact) mass is 491 g/mol. The van der Waals surface area contributed by atoms with E-state index in [0.717, 1.165) is 17.7 Å². The van der Waals surface area contributed by atoms with Gasteiger partial charge in [0.25, 0.3) is 0 Å². The fourth-order valence-corrected chi connectivity index (χ4v) is 2.53. The molecular weight excluding hydrogens is 468 g/mol. The van der Waals surface area contributed by atoms with Crippen LogP contribution in [0.2, 0.25) is 5.02 Å². The summed E-state index contributed by atoms with van der Waals surface area (Å²) < 4.78 is 18.7. The molecule has 2 aromatic carbocycles. The standard InChI is InChI=1S/C19H23ClFN3O.HI/c1-3-22-19(24-12-15-6-4-5-7-17(15)20)23-11-14-8-9-18(21)16(10-14)13-25-2;/h4-10H,3,11-13H2,1-2H3,(H2,22,23,24);1H. The molecule has 0 bridgehead atoms. The minimum atomic E-state index is -0.265. The van der Waals surface area contributed by atoms with Gasteiger partial charge in [-0.2, -0.15) is 0 Å². The molecule has 0 aromatic heterocycles. The molecule has 2 N–H and O–H groups in total. The average molecular weight is 492 g/mol. The number of ether oxygens (including phenoxy) is 1. The molecule has 2 rings (SSSR count). The molecule has 0 aliphatic heterocycles. The summed E-state index contributed by atoms with van der Waals surface area (Å²) in [6.45, 7) is 4.00. The topological polar surface area (TPSA) is 45.7 Å². The van der Waals surface area contributed by atoms with Crippen LogP contribution in [0.1, 0.15) is 23.6 Å². The van der Waals surface area contributed by atoms with Crippen molar-refractivity contribution >= 4 is 41.5 Å². The van der Waals surface area contributed by atoms with Gasteiger partial charge in [0.15, 0.2) is 5.96 Å². The lowest BCUT2D eigenvalue weighted by Gasteiger charge is -2.12. The van der Waals surface area contributed by atoms with Crippen molar-refractivity contribution in [2.45, 2.75) is 26.6 Å². The van der Waals surface area contributed by atoms with E-state index in [1.165, 1.54) is 6.07 Å². The molecule has 7 heteroatoms. The summed E-state index contributed by atoms with van der Waals surface area (Å²) in [6.07, 6.45) is 0. The van der Waals surface area contributed by atoms with E-state index in [1.807, 2.05) is 31.2 Å². The second-order valence-corrected chi connectivity index (χ2v) is 5.91. The molecule has 26 heavy (non-hydrogen) atoms. The Morgan fingerprint density at radius 3 is 2.62 bits per heavy atom. The van der Waals surface area contributed by atoms with E-state index in [2.05, 4.69) is 15.6 Å². The Labute approximate surface area is 176 Å². The van der Waals surface area contributed by atoms with Gasteiger partial charge in [0, 0.05) is 30.8 Å². The van der Waals surface area contributed by atoms with E-state index in [1.54, 1.807) is 19.2 Å². The molecule has 0 saturated heterocycles. The molecule has 0 unspecified atom stereocenters. The molecule has 4 nitrogen and oxygen atoms in total. The van der Waals surface area contributed by atoms with Crippen LogP contribution in [0.3, 0.4) is 0 Å². The largest absolute Gasteiger partial charge is 0.380 e. The number of hydrogen-bond donors (Lipinski definition) is 2. The van der Waals surface area contributed by atoms with Gasteiger partial charge in [-0.25, -0.2) is 9.38 Å². The number of rotatable bonds is 7. The van der Waals surface area contributed by atoms with Crippen molar-refractivity contribution in [2.24, 2.45) is 4.99 Å². The quantitative estimate of drug-likeness (QED) is 0.341. The van der Waals surface area contributed by atoms with E-state index < -0.39 is 0 Å². The number of guanidine groups is 1. The molecule has 0 saturated carbocycles. The van der Waals surface area contributed by atoms with Crippen LogP contribution in [0.4, 0.5) is 4.39 Å². The molecule has 0 atom stereocenters. The minimum Gasteiger partial charge on any atom is -0.380 e. The van der Waals surface area contributed by atoms with Crippen molar-refractivity contribution in [3.8, 4) is 0 Å². The smallest absolute Gasteiger partial charge is 0.191 e. The molecule has 0 amide bonds. The van der Waals surface area contributed by atoms with Gasteiger partial charge in [-0.05, 0) is 36.2 Å². The van der Waals surface area contributed by atoms with Gasteiger partial charge in [-0.3, -0.25) is 0 Å². The third-order valence-electron chi connectivity index (χ3n) is 3.58. The molecule has 0 fully saturated rings. The van der Waals surface area contributed by atoms with E-state index in [0.29, 0.717) is 29.6 Å². The van der Waals surface area contributed by atoms with Crippen molar-refractivity contribution in [3.63, 3.8) is 0 Å². The number of methoxy groups -OCH3 is 1. The predicted molar refractivity (Wildman–Crippen MR) is 116 cm³/mol. The highest BCUT2D eigenvalue weighted by Gasteiger charge is 2.05. The molecule has 0 spiro atoms. The molecule has 0 radical (unpaired) electrons. The summed E-state index contributed by atoms with van der Waals surface area (Å²) in [5.41, 5.74) is 2.45. The zero-order valence-corrected chi connectivity index (χ0v) is 18.0. The fraction of sp³-hybridized carbons (Fsp3) is 0.316. The lowest BCUT2D eigenvalue weighted by Crippen LogP contribution is -2.36. The van der Waals surface area contributed by atoms with Gasteiger partial charge < -0.3 is 15.4 Å². The number of hydrogen-bond acceptors (Lipinski definition) is 2. The van der Waals surface area contributed by atoms with Gasteiger partial charge in [0.2, 0.25) is 0 Å². The summed E-state index contributed by atoms with van der Waals surface area (Å²) >= 11 is 6.17. The summed E-state index contributed by atoms with van der Waals surface area (Å²) in [5.74, 6) is 0.415. The van der Waals surface area contributed by atoms with E-state index in [-0.39, 0.29) is 36.4 Å². The molecule has 0 aliphatic rings. The highest BCUT2D eigenvalue weighted by atomic mass is 127. The maximum absolute atomic E-state index is 13.7. The van der Waals surface area contributed by atoms with E-state index >= 15 is 0 Å². The average Bonchev–Trinajstić information content (AvgIpc) is 2.61. The maximum Gasteiger partial charge on any atom is 0.191 e. The zero-order valence-electron chi connectivity index (χ0n) is 14.9. The Bertz CT molecular complexity index is 728. The van der Waals surface area contributed by atoms with Crippen LogP contribution in [0.15, 0.2) is 47.5 Å². The van der Waals surface area contributed by atoms with E-state index in [4.69, 9.17) is 16.3 Å². The first-order valence-electron chi connectivity index (χ1n) is 8.15. The van der Waals surface area contributed by atoms with Crippen LogP contribution in [-0.2, 0) is 24.4 Å². The van der Waals surface area contributed by atoms with Crippen molar-refractivity contribution in [3.05, 3.63) is 70.0 Å². The van der Waals surface area contributed by atoms with Crippen LogP contribution < -0.4 is 10.6 Å². The third-order valence-corrected chi connectivity index (χ3v) is 3.95. The second-order valence-electron chi connectivity index (χ2n) is 5.50. The molecule has 0 aliphatic carbocycles. The van der Waals surface area contributed by atoms with Crippen LogP contribution in [-0.4, -0.2) is 19.6 Å². The molecule has 0 heterocycles. The van der Waals surface area contributed by atoms with Crippen LogP contribution >= 0.6 is 35.6 Å². The summed E-state index contributed by atoms with van der Waals surface area (Å²) in [5, 5.41) is 7.16. The Morgan fingerprint density at radius 1 is 1.15 bits per heavy atom. The number of benzene rings is 2. The van der Waals surface area contributed by atoms with Crippen molar-refractivity contribution in [1.82, 2.24) is 10.6 Å². The highest BCUT2D eigenvalue weighted by molar-refractivity contribution is 14.0. The Balaban J connectivity index is 0.00000338. The number of aliphatic imine (C=N–C) groups is 1. The van der Waals surface area contributed by atoms with Crippen molar-refractivity contribution < 1.29 is 9.13 Å². The molecular formula is C19H24ClFIN3O. The number of halogens is 3. The summed E-state index contributed by atoms with van der Waals surface area (Å²) in [4.78, 5) is 4.55. The second kappa shape index (κ2) is 12.1. The molecule has 2 aromatic rings. The van der Waals surface area contributed by atoms with Crippen molar-refractivity contribution in [2.75, 3.05) is 13.7 Å². The van der Waals surface area contributed by atoms with Crippen LogP contribution in [0.25, 0.3) is 0 Å². The SMILES string of the molecule is CCNC(=NCc1ccc(F)c(COC)c1)NCc1ccccc1Cl.I. The highest BCUT2D eigenvalue weighted by Crippen LogP contribution is 2.14. The van der Waals surface area contributed by atoms with E-state index in [9.17, 15) is 4.39 Å². The van der Waals surface area contributed by atoms with Gasteiger partial charge in [-0.1, -0.05) is 35.9 Å². The minimum absolute atomic E-state index is 0. The first-order valence-corrected chi connectivity index (χ1v) is 8.53. The van der Waals surface area contributed by atoms with Crippen LogP contribution in [0.5, 0.6) is 0 Å². The lowest BCUT2D eigenvalue weighted by atomic mass is 10.1. The van der Waals surface area contributed by atoms with Gasteiger partial charge in [-0.15, -0.1) is 24.0 Å². The number of nitrogens with one attached hydrogen (secondary N) is 2. The Morgan fingerprint density at radius 2 is 1.92 bits per heavy atom. The van der Waals surface area contributed by atoms with Gasteiger partial charge >= 0.3 is 0 Å². The van der Waals surface area contributed by atoms with Gasteiger partial charge in [0.1, 0.15) is 5.82 Å². The first-order chi connectivity index (χ1) is 12.1. The van der Waals surface area contributed by atoms with Crippen LogP contribution in [0, 0.1) is 5.82 Å². The van der Waals surface area contributed by atoms with Crippen molar-refractivity contribution in [1.29, 1.82) is 0 Å². The predicted octanol–water partition coefficient (Wildman–Crippen LogP) is 4.50. The first kappa shape index (κ1) is 22.7. The fourth-order valence-electron chi connectivity index (χ4n) is 2.33. The normalized spacial score (nSPS) is 11.0. The lowest BCUT2D eigenvalue weighted by molar-refractivity contribution is 0.181. The van der Waals surface area contributed by atoms with Gasteiger partial charge in [0.05, 0.1) is 13.2 Å². The Kier molecular flexibility index (Phi) is 10.5.